The molecule has 2 N–H and O–H groups in total. The van der Waals surface area contributed by atoms with E-state index < -0.39 is 0 Å². The lowest BCUT2D eigenvalue weighted by Crippen LogP contribution is -2.30. The molecule has 1 heterocycles. The van der Waals surface area contributed by atoms with Gasteiger partial charge in [0, 0.05) is 28.8 Å². The zero-order valence-electron chi connectivity index (χ0n) is 9.11. The van der Waals surface area contributed by atoms with E-state index >= 15 is 0 Å². The van der Waals surface area contributed by atoms with E-state index in [2.05, 4.69) is 20.9 Å². The van der Waals surface area contributed by atoms with Crippen molar-refractivity contribution in [2.24, 2.45) is 5.73 Å². The van der Waals surface area contributed by atoms with E-state index in [1.165, 1.54) is 0 Å². The van der Waals surface area contributed by atoms with Crippen molar-refractivity contribution >= 4 is 15.9 Å². The third-order valence-corrected chi connectivity index (χ3v) is 2.37. The molecule has 1 aromatic heterocycles. The molecule has 0 aliphatic heterocycles. The summed E-state index contributed by atoms with van der Waals surface area (Å²) in [6.07, 6.45) is 2.76. The minimum Gasteiger partial charge on any atom is -0.377 e. The van der Waals surface area contributed by atoms with Crippen LogP contribution in [0.15, 0.2) is 22.8 Å². The van der Waals surface area contributed by atoms with Crippen LogP contribution in [-0.4, -0.2) is 23.7 Å². The zero-order valence-corrected chi connectivity index (χ0v) is 10.7. The molecule has 15 heavy (non-hydrogen) atoms. The summed E-state index contributed by atoms with van der Waals surface area (Å²) in [6, 6.07) is 3.96. The van der Waals surface area contributed by atoms with Crippen LogP contribution in [-0.2, 0) is 11.2 Å². The largest absolute Gasteiger partial charge is 0.377 e. The SMILES string of the molecule is CC(C)OCC(N)Cc1ccc(Br)cn1. The third-order valence-electron chi connectivity index (χ3n) is 1.90. The highest BCUT2D eigenvalue weighted by Crippen LogP contribution is 2.08. The van der Waals surface area contributed by atoms with E-state index in [9.17, 15) is 0 Å². The zero-order chi connectivity index (χ0) is 11.3. The van der Waals surface area contributed by atoms with Crippen LogP contribution in [0.3, 0.4) is 0 Å². The van der Waals surface area contributed by atoms with Gasteiger partial charge in [0.25, 0.3) is 0 Å². The summed E-state index contributed by atoms with van der Waals surface area (Å²) >= 11 is 3.34. The van der Waals surface area contributed by atoms with Gasteiger partial charge < -0.3 is 10.5 Å². The van der Waals surface area contributed by atoms with E-state index in [0.29, 0.717) is 6.61 Å². The van der Waals surface area contributed by atoms with Crippen LogP contribution in [0.5, 0.6) is 0 Å². The predicted molar refractivity (Wildman–Crippen MR) is 64.7 cm³/mol. The lowest BCUT2D eigenvalue weighted by Gasteiger charge is -2.13. The van der Waals surface area contributed by atoms with Crippen molar-refractivity contribution in [2.75, 3.05) is 6.61 Å². The molecule has 1 atom stereocenters. The maximum absolute atomic E-state index is 5.92. The normalized spacial score (nSPS) is 13.1. The van der Waals surface area contributed by atoms with Crippen molar-refractivity contribution < 1.29 is 4.74 Å². The highest BCUT2D eigenvalue weighted by Gasteiger charge is 2.06. The first-order chi connectivity index (χ1) is 7.08. The molecule has 0 saturated heterocycles. The average Bonchev–Trinajstić information content (AvgIpc) is 2.19. The first-order valence-electron chi connectivity index (χ1n) is 5.05. The van der Waals surface area contributed by atoms with Gasteiger partial charge in [-0.3, -0.25) is 4.98 Å². The maximum atomic E-state index is 5.92. The standard InChI is InChI=1S/C11H17BrN2O/c1-8(2)15-7-10(13)5-11-4-3-9(12)6-14-11/h3-4,6,8,10H,5,7,13H2,1-2H3. The first-order valence-corrected chi connectivity index (χ1v) is 5.85. The molecular weight excluding hydrogens is 256 g/mol. The van der Waals surface area contributed by atoms with Gasteiger partial charge in [-0.05, 0) is 41.9 Å². The van der Waals surface area contributed by atoms with Crippen LogP contribution < -0.4 is 5.73 Å². The van der Waals surface area contributed by atoms with Gasteiger partial charge >= 0.3 is 0 Å². The minimum atomic E-state index is 0.0149. The van der Waals surface area contributed by atoms with Gasteiger partial charge in [0.1, 0.15) is 0 Å². The Morgan fingerprint density at radius 2 is 2.20 bits per heavy atom. The van der Waals surface area contributed by atoms with E-state index in [-0.39, 0.29) is 12.1 Å². The maximum Gasteiger partial charge on any atom is 0.0624 e. The van der Waals surface area contributed by atoms with Gasteiger partial charge in [-0.1, -0.05) is 0 Å². The Labute approximate surface area is 99.2 Å². The van der Waals surface area contributed by atoms with Crippen LogP contribution in [0, 0.1) is 0 Å². The quantitative estimate of drug-likeness (QED) is 0.894. The molecule has 0 aliphatic carbocycles. The Kier molecular flexibility index (Phi) is 5.22. The average molecular weight is 273 g/mol. The van der Waals surface area contributed by atoms with Crippen molar-refractivity contribution in [3.63, 3.8) is 0 Å². The van der Waals surface area contributed by atoms with Crippen molar-refractivity contribution in [3.05, 3.63) is 28.5 Å². The Balaban J connectivity index is 2.37. The number of hydrogen-bond donors (Lipinski definition) is 1. The van der Waals surface area contributed by atoms with E-state index in [4.69, 9.17) is 10.5 Å². The Morgan fingerprint density at radius 1 is 1.47 bits per heavy atom. The van der Waals surface area contributed by atoms with E-state index in [0.717, 1.165) is 16.6 Å². The fourth-order valence-electron chi connectivity index (χ4n) is 1.17. The van der Waals surface area contributed by atoms with Gasteiger partial charge in [0.2, 0.25) is 0 Å². The van der Waals surface area contributed by atoms with Gasteiger partial charge in [-0.25, -0.2) is 0 Å². The molecule has 0 saturated carbocycles. The Morgan fingerprint density at radius 3 is 2.73 bits per heavy atom. The molecule has 0 aliphatic rings. The number of nitrogens with two attached hydrogens (primary N) is 1. The van der Waals surface area contributed by atoms with Crippen LogP contribution in [0.25, 0.3) is 0 Å². The van der Waals surface area contributed by atoms with E-state index in [1.807, 2.05) is 26.0 Å². The number of nitrogens with zero attached hydrogens (tertiary/aromatic N) is 1. The van der Waals surface area contributed by atoms with Crippen molar-refractivity contribution in [3.8, 4) is 0 Å². The fourth-order valence-corrected chi connectivity index (χ4v) is 1.41. The van der Waals surface area contributed by atoms with Crippen LogP contribution in [0.2, 0.25) is 0 Å². The molecular formula is C11H17BrN2O. The molecule has 1 rings (SSSR count). The molecule has 0 aromatic carbocycles. The highest BCUT2D eigenvalue weighted by atomic mass is 79.9. The minimum absolute atomic E-state index is 0.0149. The van der Waals surface area contributed by atoms with Gasteiger partial charge in [0.05, 0.1) is 12.7 Å². The monoisotopic (exact) mass is 272 g/mol. The highest BCUT2D eigenvalue weighted by molar-refractivity contribution is 9.10. The molecule has 0 spiro atoms. The smallest absolute Gasteiger partial charge is 0.0624 e. The molecule has 0 amide bonds. The summed E-state index contributed by atoms with van der Waals surface area (Å²) in [7, 11) is 0. The lowest BCUT2D eigenvalue weighted by atomic mass is 10.1. The molecule has 0 fully saturated rings. The summed E-state index contributed by atoms with van der Waals surface area (Å²) in [5, 5.41) is 0. The van der Waals surface area contributed by atoms with Crippen LogP contribution >= 0.6 is 15.9 Å². The lowest BCUT2D eigenvalue weighted by molar-refractivity contribution is 0.0682. The second-order valence-electron chi connectivity index (χ2n) is 3.81. The first kappa shape index (κ1) is 12.6. The Hall–Kier alpha value is -0.450. The second-order valence-corrected chi connectivity index (χ2v) is 4.73. The summed E-state index contributed by atoms with van der Waals surface area (Å²) < 4.78 is 6.42. The Bertz CT molecular complexity index is 287. The molecule has 4 heteroatoms. The summed E-state index contributed by atoms with van der Waals surface area (Å²) in [4.78, 5) is 4.26. The molecule has 3 nitrogen and oxygen atoms in total. The van der Waals surface area contributed by atoms with Crippen molar-refractivity contribution in [1.82, 2.24) is 4.98 Å². The molecule has 1 unspecified atom stereocenters. The van der Waals surface area contributed by atoms with Crippen LogP contribution in [0.4, 0.5) is 0 Å². The van der Waals surface area contributed by atoms with Crippen molar-refractivity contribution in [2.45, 2.75) is 32.4 Å². The summed E-state index contributed by atoms with van der Waals surface area (Å²) in [6.45, 7) is 4.59. The summed E-state index contributed by atoms with van der Waals surface area (Å²) in [5.74, 6) is 0. The second kappa shape index (κ2) is 6.20. The number of rotatable bonds is 5. The number of aromatic nitrogens is 1. The predicted octanol–water partition coefficient (Wildman–Crippen LogP) is 2.14. The molecule has 84 valence electrons. The van der Waals surface area contributed by atoms with E-state index in [1.54, 1.807) is 6.20 Å². The number of hydrogen-bond acceptors (Lipinski definition) is 3. The van der Waals surface area contributed by atoms with Crippen LogP contribution in [0.1, 0.15) is 19.5 Å². The topological polar surface area (TPSA) is 48.1 Å². The molecule has 0 bridgehead atoms. The number of ether oxygens (including phenoxy) is 1. The van der Waals surface area contributed by atoms with Gasteiger partial charge in [-0.15, -0.1) is 0 Å². The molecule has 0 radical (unpaired) electrons. The number of pyridine rings is 1. The van der Waals surface area contributed by atoms with Crippen molar-refractivity contribution in [1.29, 1.82) is 0 Å². The summed E-state index contributed by atoms with van der Waals surface area (Å²) in [5.41, 5.74) is 6.91. The molecule has 1 aromatic rings. The third kappa shape index (κ3) is 5.25. The van der Waals surface area contributed by atoms with Gasteiger partial charge in [0.15, 0.2) is 0 Å². The number of halogens is 1. The van der Waals surface area contributed by atoms with Gasteiger partial charge in [-0.2, -0.15) is 0 Å². The fraction of sp³-hybridized carbons (Fsp3) is 0.545.